The molecule has 0 aliphatic carbocycles. The lowest BCUT2D eigenvalue weighted by Crippen LogP contribution is -2.42. The van der Waals surface area contributed by atoms with Gasteiger partial charge in [-0.3, -0.25) is 14.5 Å². The molecule has 116 valence electrons. The third-order valence-corrected chi connectivity index (χ3v) is 4.81. The predicted molar refractivity (Wildman–Crippen MR) is 86.6 cm³/mol. The van der Waals surface area contributed by atoms with Crippen LogP contribution in [0.15, 0.2) is 24.3 Å². The normalized spacial score (nSPS) is 16.7. The number of carbonyl (C=O) groups excluding carboxylic acids is 2. The lowest BCUT2D eigenvalue weighted by molar-refractivity contribution is -0.122. The van der Waals surface area contributed by atoms with E-state index >= 15 is 0 Å². The Hall–Kier alpha value is -1.99. The van der Waals surface area contributed by atoms with E-state index in [-0.39, 0.29) is 24.3 Å². The van der Waals surface area contributed by atoms with Crippen molar-refractivity contribution in [1.29, 1.82) is 0 Å². The van der Waals surface area contributed by atoms with Crippen LogP contribution in [0.2, 0.25) is 0 Å². The second-order valence-electron chi connectivity index (χ2n) is 5.49. The Morgan fingerprint density at radius 3 is 2.73 bits per heavy atom. The molecule has 1 aliphatic heterocycles. The Morgan fingerprint density at radius 2 is 2.05 bits per heavy atom. The number of nitrogens with zero attached hydrogens (tertiary/aromatic N) is 2. The van der Waals surface area contributed by atoms with Gasteiger partial charge < -0.3 is 11.1 Å². The number of hydrogen-bond donors (Lipinski definition) is 2. The van der Waals surface area contributed by atoms with E-state index in [4.69, 9.17) is 5.73 Å². The minimum absolute atomic E-state index is 0.0118. The first kappa shape index (κ1) is 14.9. The molecule has 1 fully saturated rings. The van der Waals surface area contributed by atoms with Crippen molar-refractivity contribution < 1.29 is 9.59 Å². The molecule has 6 nitrogen and oxygen atoms in total. The van der Waals surface area contributed by atoms with E-state index in [2.05, 4.69) is 10.3 Å². The topological polar surface area (TPSA) is 88.3 Å². The fraction of sp³-hybridized carbons (Fsp3) is 0.400. The van der Waals surface area contributed by atoms with Crippen LogP contribution < -0.4 is 11.1 Å². The highest BCUT2D eigenvalue weighted by molar-refractivity contribution is 7.22. The zero-order chi connectivity index (χ0) is 15.5. The molecule has 0 saturated carbocycles. The average Bonchev–Trinajstić information content (AvgIpc) is 2.89. The number of amides is 2. The van der Waals surface area contributed by atoms with Crippen LogP contribution in [0.25, 0.3) is 10.2 Å². The molecule has 1 aliphatic rings. The van der Waals surface area contributed by atoms with Crippen LogP contribution in [-0.4, -0.2) is 41.3 Å². The van der Waals surface area contributed by atoms with Gasteiger partial charge >= 0.3 is 0 Å². The molecule has 3 N–H and O–H groups in total. The van der Waals surface area contributed by atoms with Crippen molar-refractivity contribution in [2.75, 3.05) is 25.0 Å². The smallest absolute Gasteiger partial charge is 0.231 e. The van der Waals surface area contributed by atoms with Crippen LogP contribution >= 0.6 is 11.3 Å². The van der Waals surface area contributed by atoms with Crippen molar-refractivity contribution in [3.8, 4) is 0 Å². The third-order valence-electron chi connectivity index (χ3n) is 3.86. The van der Waals surface area contributed by atoms with Crippen LogP contribution in [0.4, 0.5) is 5.13 Å². The van der Waals surface area contributed by atoms with Crippen LogP contribution in [0, 0.1) is 5.92 Å². The van der Waals surface area contributed by atoms with Gasteiger partial charge in [0.1, 0.15) is 0 Å². The van der Waals surface area contributed by atoms with E-state index < -0.39 is 0 Å². The first-order valence-corrected chi connectivity index (χ1v) is 8.10. The third kappa shape index (κ3) is 3.42. The monoisotopic (exact) mass is 318 g/mol. The molecule has 1 saturated heterocycles. The summed E-state index contributed by atoms with van der Waals surface area (Å²) in [5, 5.41) is 3.56. The van der Waals surface area contributed by atoms with Gasteiger partial charge in [-0.1, -0.05) is 23.5 Å². The van der Waals surface area contributed by atoms with E-state index in [0.717, 1.165) is 36.1 Å². The largest absolute Gasteiger partial charge is 0.369 e. The molecule has 1 aromatic carbocycles. The molecule has 2 heterocycles. The molecule has 0 spiro atoms. The van der Waals surface area contributed by atoms with Gasteiger partial charge in [-0.25, -0.2) is 4.98 Å². The van der Waals surface area contributed by atoms with Gasteiger partial charge in [0, 0.05) is 5.92 Å². The Kier molecular flexibility index (Phi) is 4.35. The molecule has 7 heteroatoms. The number of piperidine rings is 1. The number of likely N-dealkylation sites (tertiary alicyclic amines) is 1. The van der Waals surface area contributed by atoms with E-state index in [1.165, 1.54) is 11.3 Å². The molecule has 0 radical (unpaired) electrons. The van der Waals surface area contributed by atoms with E-state index in [1.807, 2.05) is 29.2 Å². The van der Waals surface area contributed by atoms with E-state index in [9.17, 15) is 9.59 Å². The summed E-state index contributed by atoms with van der Waals surface area (Å²) >= 11 is 1.48. The van der Waals surface area contributed by atoms with Gasteiger partial charge in [0.25, 0.3) is 0 Å². The second-order valence-corrected chi connectivity index (χ2v) is 6.52. The minimum Gasteiger partial charge on any atom is -0.369 e. The maximum Gasteiger partial charge on any atom is 0.231 e. The molecule has 3 rings (SSSR count). The number of hydrogen-bond acceptors (Lipinski definition) is 5. The van der Waals surface area contributed by atoms with Crippen molar-refractivity contribution in [3.63, 3.8) is 0 Å². The van der Waals surface area contributed by atoms with Crippen LogP contribution in [-0.2, 0) is 9.59 Å². The molecule has 22 heavy (non-hydrogen) atoms. The van der Waals surface area contributed by atoms with Crippen LogP contribution in [0.3, 0.4) is 0 Å². The summed E-state index contributed by atoms with van der Waals surface area (Å²) < 4.78 is 1.06. The minimum atomic E-state index is -0.322. The van der Waals surface area contributed by atoms with Gasteiger partial charge in [-0.2, -0.15) is 0 Å². The fourth-order valence-corrected chi connectivity index (χ4v) is 3.58. The Balaban J connectivity index is 1.57. The summed E-state index contributed by atoms with van der Waals surface area (Å²) in [6, 6.07) is 7.82. The van der Waals surface area contributed by atoms with Gasteiger partial charge in [-0.05, 0) is 38.1 Å². The van der Waals surface area contributed by atoms with Crippen molar-refractivity contribution in [1.82, 2.24) is 9.88 Å². The van der Waals surface area contributed by atoms with Gasteiger partial charge in [0.15, 0.2) is 5.13 Å². The Morgan fingerprint density at radius 1 is 1.32 bits per heavy atom. The van der Waals surface area contributed by atoms with Gasteiger partial charge in [0.2, 0.25) is 11.8 Å². The van der Waals surface area contributed by atoms with Crippen LogP contribution in [0.5, 0.6) is 0 Å². The van der Waals surface area contributed by atoms with Gasteiger partial charge in [0.05, 0.1) is 16.8 Å². The molecule has 2 amide bonds. The summed E-state index contributed by atoms with van der Waals surface area (Å²) in [4.78, 5) is 29.6. The molecule has 0 atom stereocenters. The molecule has 0 unspecified atom stereocenters. The van der Waals surface area contributed by atoms with Crippen molar-refractivity contribution in [2.24, 2.45) is 11.7 Å². The van der Waals surface area contributed by atoms with Gasteiger partial charge in [-0.15, -0.1) is 0 Å². The maximum atomic E-state index is 12.3. The summed E-state index contributed by atoms with van der Waals surface area (Å²) in [5.41, 5.74) is 6.09. The molecular weight excluding hydrogens is 300 g/mol. The lowest BCUT2D eigenvalue weighted by atomic mass is 9.96. The number of rotatable bonds is 4. The quantitative estimate of drug-likeness (QED) is 0.892. The SMILES string of the molecule is NC(=O)CN1CCC(C(=O)Nc2nc3ccccc3s2)CC1. The molecule has 1 aromatic heterocycles. The maximum absolute atomic E-state index is 12.3. The summed E-state index contributed by atoms with van der Waals surface area (Å²) in [5.74, 6) is -0.341. The molecule has 0 bridgehead atoms. The standard InChI is InChI=1S/C15H18N4O2S/c16-13(20)9-19-7-5-10(6-8-19)14(21)18-15-17-11-3-1-2-4-12(11)22-15/h1-4,10H,5-9H2,(H2,16,20)(H,17,18,21). The zero-order valence-electron chi connectivity index (χ0n) is 12.1. The summed E-state index contributed by atoms with van der Waals surface area (Å²) in [6.45, 7) is 1.72. The number of primary amides is 1. The van der Waals surface area contributed by atoms with Crippen molar-refractivity contribution >= 4 is 38.5 Å². The average molecular weight is 318 g/mol. The number of aromatic nitrogens is 1. The highest BCUT2D eigenvalue weighted by atomic mass is 32.1. The number of nitrogens with two attached hydrogens (primary N) is 1. The molecular formula is C15H18N4O2S. The second kappa shape index (κ2) is 6.41. The fourth-order valence-electron chi connectivity index (χ4n) is 2.71. The highest BCUT2D eigenvalue weighted by Crippen LogP contribution is 2.26. The number of anilines is 1. The van der Waals surface area contributed by atoms with E-state index in [0.29, 0.717) is 5.13 Å². The number of thiazole rings is 1. The van der Waals surface area contributed by atoms with Crippen molar-refractivity contribution in [2.45, 2.75) is 12.8 Å². The zero-order valence-corrected chi connectivity index (χ0v) is 12.9. The highest BCUT2D eigenvalue weighted by Gasteiger charge is 2.26. The number of nitrogens with one attached hydrogen (secondary N) is 1. The molecule has 2 aromatic rings. The number of para-hydroxylation sites is 1. The number of fused-ring (bicyclic) bond motifs is 1. The predicted octanol–water partition coefficient (Wildman–Crippen LogP) is 1.43. The first-order chi connectivity index (χ1) is 10.6. The Bertz CT molecular complexity index is 659. The van der Waals surface area contributed by atoms with E-state index in [1.54, 1.807) is 0 Å². The first-order valence-electron chi connectivity index (χ1n) is 7.29. The number of benzene rings is 1. The van der Waals surface area contributed by atoms with Crippen LogP contribution in [0.1, 0.15) is 12.8 Å². The summed E-state index contributed by atoms with van der Waals surface area (Å²) in [6.07, 6.45) is 1.48. The Labute approximate surface area is 132 Å². The summed E-state index contributed by atoms with van der Waals surface area (Å²) in [7, 11) is 0. The van der Waals surface area contributed by atoms with Crippen molar-refractivity contribution in [3.05, 3.63) is 24.3 Å². The number of carbonyl (C=O) groups is 2. The lowest BCUT2D eigenvalue weighted by Gasteiger charge is -2.29.